The van der Waals surface area contributed by atoms with Crippen molar-refractivity contribution in [3.05, 3.63) is 153 Å². The quantitative estimate of drug-likeness (QED) is 0.0920. The van der Waals surface area contributed by atoms with Crippen LogP contribution >= 0.6 is 0 Å². The van der Waals surface area contributed by atoms with Crippen LogP contribution in [0.4, 0.5) is 28.4 Å². The molecule has 1 saturated heterocycles. The topological polar surface area (TPSA) is 178 Å². The number of carbonyl (C=O) groups excluding carboxylic acids is 5. The SMILES string of the molecule is C=Cc1ccc2c(c1)NC(=O)CC2.CCCc1ccc2c(c1)NC(=O)CC2.Cc1ccc2c(c1)NC(=O)CC2.O=C1CCc2ccc(C3CO3)cc2N1.O=C1CCc2ccc(CCO)cc2N1. The van der Waals surface area contributed by atoms with Crippen molar-refractivity contribution in [2.45, 2.75) is 103 Å². The summed E-state index contributed by atoms with van der Waals surface area (Å²) in [6.45, 7) is 8.84. The van der Waals surface area contributed by atoms with Crippen LogP contribution in [0.15, 0.2) is 97.6 Å². The number of aryl methyl sites for hydroxylation is 7. The normalized spacial score (nSPS) is 16.8. The molecule has 6 aliphatic rings. The second-order valence-corrected chi connectivity index (χ2v) is 17.5. The number of fused-ring (bicyclic) bond motifs is 5. The van der Waals surface area contributed by atoms with Gasteiger partial charge in [-0.1, -0.05) is 86.7 Å². The molecule has 1 fully saturated rings. The zero-order chi connectivity index (χ0) is 47.3. The number of epoxide rings is 1. The minimum absolute atomic E-state index is 0.0821. The summed E-state index contributed by atoms with van der Waals surface area (Å²) in [5, 5.41) is 23.1. The predicted molar refractivity (Wildman–Crippen MR) is 265 cm³/mol. The molecule has 6 aliphatic heterocycles. The molecular formula is C55H61N5O7. The number of ether oxygens (including phenoxy) is 1. The fourth-order valence-corrected chi connectivity index (χ4v) is 8.40. The van der Waals surface area contributed by atoms with Gasteiger partial charge >= 0.3 is 0 Å². The molecule has 6 N–H and O–H groups in total. The van der Waals surface area contributed by atoms with Crippen molar-refractivity contribution >= 4 is 64.0 Å². The molecule has 1 unspecified atom stereocenters. The lowest BCUT2D eigenvalue weighted by molar-refractivity contribution is -0.117. The van der Waals surface area contributed by atoms with E-state index < -0.39 is 0 Å². The monoisotopic (exact) mass is 903 g/mol. The van der Waals surface area contributed by atoms with Gasteiger partial charge in [0.05, 0.1) is 6.61 Å². The highest BCUT2D eigenvalue weighted by Gasteiger charge is 2.26. The average molecular weight is 904 g/mol. The number of hydrogen-bond acceptors (Lipinski definition) is 7. The van der Waals surface area contributed by atoms with Gasteiger partial charge in [-0.05, 0) is 138 Å². The maximum absolute atomic E-state index is 11.2. The molecule has 5 amide bonds. The lowest BCUT2D eigenvalue weighted by atomic mass is 9.99. The number of aliphatic hydroxyl groups excluding tert-OH is 1. The maximum Gasteiger partial charge on any atom is 0.224 e. The van der Waals surface area contributed by atoms with Gasteiger partial charge in [-0.25, -0.2) is 0 Å². The second kappa shape index (κ2) is 23.0. The number of benzene rings is 5. The first kappa shape index (κ1) is 48.1. The van der Waals surface area contributed by atoms with Gasteiger partial charge in [-0.2, -0.15) is 0 Å². The van der Waals surface area contributed by atoms with Crippen molar-refractivity contribution in [1.29, 1.82) is 0 Å². The Labute approximate surface area is 393 Å². The Morgan fingerprint density at radius 1 is 0.522 bits per heavy atom. The first-order chi connectivity index (χ1) is 32.5. The lowest BCUT2D eigenvalue weighted by Crippen LogP contribution is -2.19. The van der Waals surface area contributed by atoms with Crippen molar-refractivity contribution in [2.75, 3.05) is 39.8 Å². The highest BCUT2D eigenvalue weighted by molar-refractivity contribution is 5.96. The number of aliphatic hydroxyl groups is 1. The summed E-state index contributed by atoms with van der Waals surface area (Å²) in [6, 6.07) is 30.8. The molecule has 1 atom stereocenters. The summed E-state index contributed by atoms with van der Waals surface area (Å²) in [5.74, 6) is 0.581. The van der Waals surface area contributed by atoms with Gasteiger partial charge in [0.15, 0.2) is 0 Å². The lowest BCUT2D eigenvalue weighted by Gasteiger charge is -2.17. The number of hydrogen-bond donors (Lipinski definition) is 6. The molecule has 348 valence electrons. The molecule has 12 heteroatoms. The smallest absolute Gasteiger partial charge is 0.224 e. The fourth-order valence-electron chi connectivity index (χ4n) is 8.40. The maximum atomic E-state index is 11.2. The van der Waals surface area contributed by atoms with Crippen LogP contribution in [0.5, 0.6) is 0 Å². The number of nitrogens with one attached hydrogen (secondary N) is 5. The van der Waals surface area contributed by atoms with Crippen LogP contribution in [0.3, 0.4) is 0 Å². The molecular weight excluding hydrogens is 843 g/mol. The third-order valence-electron chi connectivity index (χ3n) is 12.2. The summed E-state index contributed by atoms with van der Waals surface area (Å²) in [6.07, 6.45) is 12.2. The van der Waals surface area contributed by atoms with Crippen molar-refractivity contribution in [3.8, 4) is 0 Å². The van der Waals surface area contributed by atoms with Crippen LogP contribution < -0.4 is 26.6 Å². The van der Waals surface area contributed by atoms with Gasteiger partial charge in [-0.15, -0.1) is 0 Å². The summed E-state index contributed by atoms with van der Waals surface area (Å²) in [5.41, 5.74) is 16.8. The van der Waals surface area contributed by atoms with Gasteiger partial charge in [0.2, 0.25) is 29.5 Å². The standard InChI is InChI=1S/C12H15NO.C11H11NO2.C11H13NO2.C11H11NO.C10H11NO/c1-2-3-9-4-5-10-6-7-12(14)13-11(10)8-9;13-11-4-3-7-1-2-8(10-6-14-10)5-9(7)12-11;13-6-5-8-1-2-9-3-4-11(14)12-10(9)7-8;1-2-8-3-4-9-5-6-11(13)12-10(9)7-8;1-7-2-3-8-4-5-10(12)11-9(8)6-7/h4-5,8H,2-3,6-7H2,1H3,(H,13,14);1-2,5,10H,3-4,6H2,(H,12,13);1-2,7,13H,3-6H2,(H,12,14);2-4,7H,1,5-6H2,(H,12,13);2-3,6H,4-5H2,1H3,(H,11,12). The number of rotatable bonds is 6. The Hall–Kier alpha value is -6.89. The summed E-state index contributed by atoms with van der Waals surface area (Å²) < 4.78 is 5.20. The molecule has 67 heavy (non-hydrogen) atoms. The van der Waals surface area contributed by atoms with Crippen molar-refractivity contribution < 1.29 is 33.8 Å². The van der Waals surface area contributed by atoms with Crippen LogP contribution in [0, 0.1) is 6.92 Å². The molecule has 0 radical (unpaired) electrons. The Kier molecular flexibility index (Phi) is 16.5. The molecule has 0 aliphatic carbocycles. The Morgan fingerprint density at radius 3 is 1.34 bits per heavy atom. The van der Waals surface area contributed by atoms with Gasteiger partial charge in [0.1, 0.15) is 6.10 Å². The first-order valence-corrected chi connectivity index (χ1v) is 23.4. The van der Waals surface area contributed by atoms with E-state index in [-0.39, 0.29) is 42.2 Å². The minimum atomic E-state index is 0.0821. The van der Waals surface area contributed by atoms with E-state index in [0.717, 1.165) is 91.1 Å². The van der Waals surface area contributed by atoms with Crippen molar-refractivity contribution in [1.82, 2.24) is 0 Å². The molecule has 0 spiro atoms. The van der Waals surface area contributed by atoms with Crippen molar-refractivity contribution in [3.63, 3.8) is 0 Å². The number of carbonyl (C=O) groups is 5. The third kappa shape index (κ3) is 13.8. The Bertz CT molecular complexity index is 2580. The largest absolute Gasteiger partial charge is 0.396 e. The molecule has 0 bridgehead atoms. The molecule has 0 saturated carbocycles. The molecule has 5 aromatic carbocycles. The van der Waals surface area contributed by atoms with Crippen LogP contribution in [0.25, 0.3) is 6.08 Å². The van der Waals surface area contributed by atoms with E-state index in [1.807, 2.05) is 55.5 Å². The van der Waals surface area contributed by atoms with Crippen LogP contribution in [0.1, 0.15) is 107 Å². The van der Waals surface area contributed by atoms with E-state index >= 15 is 0 Å². The third-order valence-corrected chi connectivity index (χ3v) is 12.2. The average Bonchev–Trinajstić information content (AvgIpc) is 4.18. The zero-order valence-corrected chi connectivity index (χ0v) is 38.5. The van der Waals surface area contributed by atoms with Crippen LogP contribution in [0.2, 0.25) is 0 Å². The van der Waals surface area contributed by atoms with E-state index in [0.29, 0.717) is 38.5 Å². The van der Waals surface area contributed by atoms with E-state index in [1.54, 1.807) is 6.08 Å². The second-order valence-electron chi connectivity index (χ2n) is 17.5. The highest BCUT2D eigenvalue weighted by Crippen LogP contribution is 2.34. The molecule has 5 aromatic rings. The van der Waals surface area contributed by atoms with E-state index in [9.17, 15) is 24.0 Å². The van der Waals surface area contributed by atoms with Crippen LogP contribution in [-0.2, 0) is 73.7 Å². The Balaban J connectivity index is 0.000000124. The minimum Gasteiger partial charge on any atom is -0.396 e. The fraction of sp³-hybridized carbons (Fsp3) is 0.327. The van der Waals surface area contributed by atoms with Crippen molar-refractivity contribution in [2.24, 2.45) is 0 Å². The van der Waals surface area contributed by atoms with Gasteiger partial charge in [-0.3, -0.25) is 24.0 Å². The number of amides is 5. The van der Waals surface area contributed by atoms with Gasteiger partial charge in [0, 0.05) is 67.1 Å². The molecule has 11 rings (SSSR count). The summed E-state index contributed by atoms with van der Waals surface area (Å²) >= 11 is 0. The molecule has 6 heterocycles. The Morgan fingerprint density at radius 2 is 0.910 bits per heavy atom. The first-order valence-electron chi connectivity index (χ1n) is 23.4. The predicted octanol–water partition coefficient (Wildman–Crippen LogP) is 9.37. The van der Waals surface area contributed by atoms with Gasteiger partial charge in [0.25, 0.3) is 0 Å². The van der Waals surface area contributed by atoms with Gasteiger partial charge < -0.3 is 36.4 Å². The number of anilines is 5. The highest BCUT2D eigenvalue weighted by atomic mass is 16.6. The summed E-state index contributed by atoms with van der Waals surface area (Å²) in [4.78, 5) is 55.6. The van der Waals surface area contributed by atoms with E-state index in [1.165, 1.54) is 44.5 Å². The van der Waals surface area contributed by atoms with Crippen LogP contribution in [-0.4, -0.2) is 47.9 Å². The van der Waals surface area contributed by atoms with E-state index in [2.05, 4.69) is 82.6 Å². The molecule has 12 nitrogen and oxygen atoms in total. The van der Waals surface area contributed by atoms with E-state index in [4.69, 9.17) is 9.84 Å². The molecule has 0 aromatic heterocycles. The zero-order valence-electron chi connectivity index (χ0n) is 38.5. The summed E-state index contributed by atoms with van der Waals surface area (Å²) in [7, 11) is 0.